The molecular formula is C10H13BrMg. The molecule has 0 aliphatic carbocycles. The molecule has 12 heavy (non-hydrogen) atoms. The van der Waals surface area contributed by atoms with Crippen LogP contribution in [0.2, 0.25) is 4.55 Å². The summed E-state index contributed by atoms with van der Waals surface area (Å²) in [6.07, 6.45) is 2.41. The molecule has 0 aromatic heterocycles. The second-order valence-electron chi connectivity index (χ2n) is 2.97. The molecule has 0 aliphatic heterocycles. The Morgan fingerprint density at radius 3 is 2.75 bits per heavy atom. The molecule has 0 saturated carbocycles. The van der Waals surface area contributed by atoms with Gasteiger partial charge in [-0.2, -0.15) is 0 Å². The number of hydrogen-bond acceptors (Lipinski definition) is 0. The van der Waals surface area contributed by atoms with Crippen molar-refractivity contribution in [3.05, 3.63) is 35.4 Å². The summed E-state index contributed by atoms with van der Waals surface area (Å²) in [5.41, 5.74) is 2.96. The van der Waals surface area contributed by atoms with Gasteiger partial charge in [0.25, 0.3) is 0 Å². The van der Waals surface area contributed by atoms with Gasteiger partial charge >= 0.3 is 18.2 Å². The molecule has 0 nitrogen and oxygen atoms in total. The van der Waals surface area contributed by atoms with Crippen LogP contribution in [0.1, 0.15) is 18.1 Å². The predicted molar refractivity (Wildman–Crippen MR) is 59.0 cm³/mol. The molecule has 0 amide bonds. The van der Waals surface area contributed by atoms with Crippen LogP contribution in [-0.2, 0) is 12.8 Å². The minimum Gasteiger partial charge on any atom is -0.307 e. The van der Waals surface area contributed by atoms with Crippen LogP contribution in [-0.4, -0.2) is 18.2 Å². The lowest BCUT2D eigenvalue weighted by Gasteiger charge is -2.01. The number of rotatable bonds is 4. The van der Waals surface area contributed by atoms with Crippen LogP contribution in [0, 0.1) is 0 Å². The highest BCUT2D eigenvalue weighted by Gasteiger charge is 1.95. The van der Waals surface area contributed by atoms with Crippen molar-refractivity contribution in [2.24, 2.45) is 0 Å². The van der Waals surface area contributed by atoms with Crippen LogP contribution < -0.4 is 0 Å². The van der Waals surface area contributed by atoms with Crippen molar-refractivity contribution >= 4 is 31.1 Å². The summed E-state index contributed by atoms with van der Waals surface area (Å²) in [5.74, 6) is 0. The molecule has 0 spiro atoms. The van der Waals surface area contributed by atoms with E-state index in [1.807, 2.05) is 0 Å². The Kier molecular flexibility index (Phi) is 5.27. The summed E-state index contributed by atoms with van der Waals surface area (Å²) in [7, 11) is 0. The van der Waals surface area contributed by atoms with Crippen molar-refractivity contribution < 1.29 is 0 Å². The molecule has 0 fully saturated rings. The van der Waals surface area contributed by atoms with Gasteiger partial charge in [-0.25, -0.2) is 0 Å². The standard InChI is InChI=1S/C10H13.BrH.Mg/c1-3-9-6-5-7-10(4-2)8-9;;/h5-8H,1,3-4H2,2H3;1H;/q;;+1/p-1. The van der Waals surface area contributed by atoms with Crippen molar-refractivity contribution in [3.8, 4) is 0 Å². The van der Waals surface area contributed by atoms with Gasteiger partial charge in [0.1, 0.15) is 0 Å². The van der Waals surface area contributed by atoms with E-state index in [1.54, 1.807) is 0 Å². The summed E-state index contributed by atoms with van der Waals surface area (Å²) in [6.45, 7) is 2.21. The van der Waals surface area contributed by atoms with Gasteiger partial charge < -0.3 is 12.9 Å². The van der Waals surface area contributed by atoms with Gasteiger partial charge in [0.05, 0.1) is 0 Å². The molecule has 0 saturated heterocycles. The van der Waals surface area contributed by atoms with E-state index in [9.17, 15) is 0 Å². The lowest BCUT2D eigenvalue weighted by Crippen LogP contribution is -1.88. The predicted octanol–water partition coefficient (Wildman–Crippen LogP) is 3.22. The fraction of sp³-hybridized carbons (Fsp3) is 0.400. The molecule has 0 aliphatic rings. The van der Waals surface area contributed by atoms with Gasteiger partial charge in [0, 0.05) is 0 Å². The SMILES string of the molecule is CCc1cccc(C[CH2][Mg][Br])c1. The number of hydrogen-bond donors (Lipinski definition) is 0. The quantitative estimate of drug-likeness (QED) is 0.705. The number of halogens is 1. The molecule has 1 aromatic carbocycles. The fourth-order valence-corrected chi connectivity index (χ4v) is 2.66. The van der Waals surface area contributed by atoms with Crippen LogP contribution in [0.5, 0.6) is 0 Å². The van der Waals surface area contributed by atoms with E-state index in [1.165, 1.54) is 22.1 Å². The van der Waals surface area contributed by atoms with Crippen LogP contribution in [0.3, 0.4) is 0 Å². The van der Waals surface area contributed by atoms with Gasteiger partial charge in [0.2, 0.25) is 0 Å². The molecule has 0 unspecified atom stereocenters. The van der Waals surface area contributed by atoms with E-state index < -0.39 is 0 Å². The Labute approximate surface area is 90.3 Å². The summed E-state index contributed by atoms with van der Waals surface area (Å²) in [6, 6.07) is 8.94. The van der Waals surface area contributed by atoms with Gasteiger partial charge in [0.15, 0.2) is 0 Å². The topological polar surface area (TPSA) is 0 Å². The monoisotopic (exact) mass is 236 g/mol. The van der Waals surface area contributed by atoms with Crippen molar-refractivity contribution in [2.45, 2.75) is 24.3 Å². The Balaban J connectivity index is 2.60. The lowest BCUT2D eigenvalue weighted by atomic mass is 10.1. The third-order valence-electron chi connectivity index (χ3n) is 2.00. The molecule has 0 heterocycles. The number of benzene rings is 1. The largest absolute Gasteiger partial charge is 0.468 e. The maximum absolute atomic E-state index is 3.58. The van der Waals surface area contributed by atoms with E-state index in [2.05, 4.69) is 44.1 Å². The third kappa shape index (κ3) is 3.46. The molecule has 0 radical (unpaired) electrons. The van der Waals surface area contributed by atoms with Crippen LogP contribution in [0.15, 0.2) is 24.3 Å². The number of aryl methyl sites for hydroxylation is 2. The second kappa shape index (κ2) is 6.00. The minimum atomic E-state index is 0.0641. The van der Waals surface area contributed by atoms with Crippen molar-refractivity contribution in [1.82, 2.24) is 0 Å². The zero-order chi connectivity index (χ0) is 8.81. The van der Waals surface area contributed by atoms with E-state index in [0.717, 1.165) is 6.42 Å². The molecule has 0 N–H and O–H groups in total. The summed E-state index contributed by atoms with van der Waals surface area (Å²) in [4.78, 5) is 0. The normalized spacial score (nSPS) is 9.50. The lowest BCUT2D eigenvalue weighted by molar-refractivity contribution is 1.08. The van der Waals surface area contributed by atoms with Crippen molar-refractivity contribution in [1.29, 1.82) is 0 Å². The first-order valence-electron chi connectivity index (χ1n) is 4.50. The zero-order valence-corrected chi connectivity index (χ0v) is 10.5. The maximum atomic E-state index is 3.58. The average molecular weight is 237 g/mol. The Morgan fingerprint density at radius 2 is 2.08 bits per heavy atom. The summed E-state index contributed by atoms with van der Waals surface area (Å²) < 4.78 is 1.37. The highest BCUT2D eigenvalue weighted by Crippen LogP contribution is 2.08. The van der Waals surface area contributed by atoms with E-state index in [-0.39, 0.29) is 18.2 Å². The third-order valence-corrected chi connectivity index (χ3v) is 4.30. The van der Waals surface area contributed by atoms with E-state index >= 15 is 0 Å². The average Bonchev–Trinajstić information content (AvgIpc) is 2.15. The first kappa shape index (κ1) is 10.5. The highest BCUT2D eigenvalue weighted by atomic mass is 79.9. The van der Waals surface area contributed by atoms with Gasteiger partial charge in [-0.05, 0) is 24.0 Å². The molecule has 2 heteroatoms. The molecule has 62 valence electrons. The van der Waals surface area contributed by atoms with E-state index in [0.29, 0.717) is 0 Å². The van der Waals surface area contributed by atoms with Gasteiger partial charge in [-0.1, -0.05) is 31.2 Å². The minimum absolute atomic E-state index is 0.0641. The van der Waals surface area contributed by atoms with Crippen LogP contribution >= 0.6 is 12.9 Å². The van der Waals surface area contributed by atoms with Crippen LogP contribution in [0.4, 0.5) is 0 Å². The highest BCUT2D eigenvalue weighted by molar-refractivity contribution is 9.23. The Hall–Kier alpha value is 0.466. The maximum Gasteiger partial charge on any atom is 0.468 e. The molecule has 0 bridgehead atoms. The smallest absolute Gasteiger partial charge is 0.307 e. The van der Waals surface area contributed by atoms with E-state index in [4.69, 9.17) is 0 Å². The molecule has 1 rings (SSSR count). The molecule has 1 aromatic rings. The van der Waals surface area contributed by atoms with Crippen molar-refractivity contribution in [3.63, 3.8) is 0 Å². The summed E-state index contributed by atoms with van der Waals surface area (Å²) in [5, 5.41) is 0. The van der Waals surface area contributed by atoms with Crippen LogP contribution in [0.25, 0.3) is 0 Å². The molecule has 0 atom stereocenters. The van der Waals surface area contributed by atoms with Crippen molar-refractivity contribution in [2.75, 3.05) is 0 Å². The Morgan fingerprint density at radius 1 is 1.33 bits per heavy atom. The van der Waals surface area contributed by atoms with Gasteiger partial charge in [-0.15, -0.1) is 4.55 Å². The first-order valence-corrected chi connectivity index (χ1v) is 9.40. The summed E-state index contributed by atoms with van der Waals surface area (Å²) >= 11 is 3.65. The second-order valence-corrected chi connectivity index (χ2v) is 6.43. The molecular weight excluding hydrogens is 224 g/mol. The van der Waals surface area contributed by atoms with Gasteiger partial charge in [-0.3, -0.25) is 0 Å². The Bertz CT molecular complexity index is 235. The zero-order valence-electron chi connectivity index (χ0n) is 7.52. The first-order chi connectivity index (χ1) is 5.86. The fourth-order valence-electron chi connectivity index (χ4n) is 1.28.